The third-order valence-corrected chi connectivity index (χ3v) is 3.16. The van der Waals surface area contributed by atoms with Crippen LogP contribution in [-0.2, 0) is 4.74 Å². The lowest BCUT2D eigenvalue weighted by atomic mass is 10.0. The van der Waals surface area contributed by atoms with Gasteiger partial charge in [-0.3, -0.25) is 4.90 Å². The largest absolute Gasteiger partial charge is 0.374 e. The Hall–Kier alpha value is -0.120. The van der Waals surface area contributed by atoms with E-state index in [9.17, 15) is 0 Å². The molecule has 3 nitrogen and oxygen atoms in total. The van der Waals surface area contributed by atoms with Gasteiger partial charge in [-0.05, 0) is 5.92 Å². The van der Waals surface area contributed by atoms with E-state index < -0.39 is 0 Å². The number of hydrogen-bond donors (Lipinski definition) is 1. The van der Waals surface area contributed by atoms with Gasteiger partial charge in [-0.15, -0.1) is 0 Å². The average Bonchev–Trinajstić information content (AvgIpc) is 2.26. The van der Waals surface area contributed by atoms with Gasteiger partial charge in [0.25, 0.3) is 0 Å². The molecule has 1 aliphatic rings. The monoisotopic (exact) mass is 200 g/mol. The van der Waals surface area contributed by atoms with Gasteiger partial charge in [-0.1, -0.05) is 26.7 Å². The summed E-state index contributed by atoms with van der Waals surface area (Å²) in [4.78, 5) is 2.50. The molecule has 84 valence electrons. The molecule has 1 unspecified atom stereocenters. The first-order valence-corrected chi connectivity index (χ1v) is 5.84. The van der Waals surface area contributed by atoms with Crippen LogP contribution < -0.4 is 5.73 Å². The second kappa shape index (κ2) is 6.38. The van der Waals surface area contributed by atoms with Crippen LogP contribution in [0.1, 0.15) is 26.7 Å². The molecule has 0 spiro atoms. The summed E-state index contributed by atoms with van der Waals surface area (Å²) in [6.45, 7) is 9.36. The lowest BCUT2D eigenvalue weighted by Gasteiger charge is -2.34. The topological polar surface area (TPSA) is 38.5 Å². The number of morpholine rings is 1. The highest BCUT2D eigenvalue weighted by molar-refractivity contribution is 4.73. The Morgan fingerprint density at radius 2 is 2.14 bits per heavy atom. The summed E-state index contributed by atoms with van der Waals surface area (Å²) in [6, 6.07) is 0. The molecule has 0 aliphatic carbocycles. The van der Waals surface area contributed by atoms with Gasteiger partial charge in [-0.2, -0.15) is 0 Å². The predicted octanol–water partition coefficient (Wildman–Crippen LogP) is 1.08. The second-order valence-electron chi connectivity index (χ2n) is 4.17. The minimum Gasteiger partial charge on any atom is -0.374 e. The van der Waals surface area contributed by atoms with E-state index in [1.807, 2.05) is 0 Å². The summed E-state index contributed by atoms with van der Waals surface area (Å²) >= 11 is 0. The molecule has 0 aromatic carbocycles. The molecule has 0 aromatic rings. The molecule has 0 bridgehead atoms. The van der Waals surface area contributed by atoms with E-state index in [1.165, 1.54) is 19.4 Å². The van der Waals surface area contributed by atoms with Crippen LogP contribution in [0.4, 0.5) is 0 Å². The quantitative estimate of drug-likeness (QED) is 0.722. The molecule has 2 N–H and O–H groups in total. The van der Waals surface area contributed by atoms with E-state index in [0.29, 0.717) is 6.54 Å². The van der Waals surface area contributed by atoms with Crippen molar-refractivity contribution in [1.82, 2.24) is 4.90 Å². The number of nitrogens with zero attached hydrogens (tertiary/aromatic N) is 1. The van der Waals surface area contributed by atoms with Crippen LogP contribution in [-0.4, -0.2) is 43.8 Å². The fourth-order valence-corrected chi connectivity index (χ4v) is 2.00. The van der Waals surface area contributed by atoms with Crippen molar-refractivity contribution in [3.63, 3.8) is 0 Å². The highest BCUT2D eigenvalue weighted by Gasteiger charge is 2.20. The van der Waals surface area contributed by atoms with Crippen molar-refractivity contribution in [3.05, 3.63) is 0 Å². The van der Waals surface area contributed by atoms with Crippen LogP contribution in [0.3, 0.4) is 0 Å². The van der Waals surface area contributed by atoms with Gasteiger partial charge in [0.15, 0.2) is 0 Å². The summed E-state index contributed by atoms with van der Waals surface area (Å²) in [7, 11) is 0. The summed E-state index contributed by atoms with van der Waals surface area (Å²) < 4.78 is 5.54. The summed E-state index contributed by atoms with van der Waals surface area (Å²) in [5, 5.41) is 0. The van der Waals surface area contributed by atoms with Crippen molar-refractivity contribution in [2.24, 2.45) is 11.7 Å². The molecule has 1 aliphatic heterocycles. The Labute approximate surface area is 87.6 Å². The van der Waals surface area contributed by atoms with Crippen molar-refractivity contribution in [2.75, 3.05) is 32.8 Å². The lowest BCUT2D eigenvalue weighted by molar-refractivity contribution is -0.0280. The fourth-order valence-electron chi connectivity index (χ4n) is 2.00. The van der Waals surface area contributed by atoms with Gasteiger partial charge in [0, 0.05) is 26.2 Å². The van der Waals surface area contributed by atoms with Gasteiger partial charge in [-0.25, -0.2) is 0 Å². The van der Waals surface area contributed by atoms with Crippen molar-refractivity contribution in [1.29, 1.82) is 0 Å². The molecule has 0 radical (unpaired) electrons. The Balaban J connectivity index is 2.29. The smallest absolute Gasteiger partial charge is 0.0824 e. The number of hydrogen-bond acceptors (Lipinski definition) is 3. The Bertz CT molecular complexity index is 148. The summed E-state index contributed by atoms with van der Waals surface area (Å²) in [5.74, 6) is 0.839. The second-order valence-corrected chi connectivity index (χ2v) is 4.17. The first kappa shape index (κ1) is 12.0. The maximum Gasteiger partial charge on any atom is 0.0824 e. The van der Waals surface area contributed by atoms with Gasteiger partial charge in [0.2, 0.25) is 0 Å². The van der Waals surface area contributed by atoms with Crippen LogP contribution in [0, 0.1) is 5.92 Å². The minimum absolute atomic E-state index is 0.262. The molecule has 0 aromatic heterocycles. The van der Waals surface area contributed by atoms with E-state index >= 15 is 0 Å². The zero-order valence-electron chi connectivity index (χ0n) is 9.54. The van der Waals surface area contributed by atoms with Crippen molar-refractivity contribution in [2.45, 2.75) is 32.8 Å². The highest BCUT2D eigenvalue weighted by atomic mass is 16.5. The Kier molecular flexibility index (Phi) is 5.45. The summed E-state index contributed by atoms with van der Waals surface area (Å²) in [5.41, 5.74) is 5.61. The molecule has 1 saturated heterocycles. The number of rotatable bonds is 5. The summed E-state index contributed by atoms with van der Waals surface area (Å²) in [6.07, 6.45) is 2.82. The standard InChI is InChI=1S/C11H24N2O/c1-3-10(4-2)8-13-5-6-14-11(7-12)9-13/h10-11H,3-9,12H2,1-2H3. The zero-order chi connectivity index (χ0) is 10.4. The van der Waals surface area contributed by atoms with Crippen LogP contribution in [0.15, 0.2) is 0 Å². The Morgan fingerprint density at radius 3 is 2.71 bits per heavy atom. The van der Waals surface area contributed by atoms with Gasteiger partial charge < -0.3 is 10.5 Å². The first-order valence-electron chi connectivity index (χ1n) is 5.84. The molecular formula is C11H24N2O. The van der Waals surface area contributed by atoms with Gasteiger partial charge >= 0.3 is 0 Å². The van der Waals surface area contributed by atoms with E-state index in [0.717, 1.165) is 25.6 Å². The first-order chi connectivity index (χ1) is 6.80. The fraction of sp³-hybridized carbons (Fsp3) is 1.00. The van der Waals surface area contributed by atoms with Gasteiger partial charge in [0.1, 0.15) is 0 Å². The van der Waals surface area contributed by atoms with Crippen molar-refractivity contribution < 1.29 is 4.74 Å². The van der Waals surface area contributed by atoms with Crippen LogP contribution in [0.2, 0.25) is 0 Å². The predicted molar refractivity (Wildman–Crippen MR) is 59.3 cm³/mol. The van der Waals surface area contributed by atoms with Crippen LogP contribution in [0.25, 0.3) is 0 Å². The Morgan fingerprint density at radius 1 is 1.43 bits per heavy atom. The number of ether oxygens (including phenoxy) is 1. The van der Waals surface area contributed by atoms with E-state index in [-0.39, 0.29) is 6.10 Å². The molecule has 1 heterocycles. The molecule has 14 heavy (non-hydrogen) atoms. The van der Waals surface area contributed by atoms with Crippen LogP contribution in [0.5, 0.6) is 0 Å². The third kappa shape index (κ3) is 3.56. The maximum absolute atomic E-state index is 5.61. The molecule has 0 amide bonds. The SMILES string of the molecule is CCC(CC)CN1CCOC(CN)C1. The van der Waals surface area contributed by atoms with E-state index in [4.69, 9.17) is 10.5 Å². The van der Waals surface area contributed by atoms with E-state index in [2.05, 4.69) is 18.7 Å². The van der Waals surface area contributed by atoms with E-state index in [1.54, 1.807) is 0 Å². The normalized spacial score (nSPS) is 24.4. The molecule has 1 atom stereocenters. The molecule has 0 saturated carbocycles. The molecular weight excluding hydrogens is 176 g/mol. The molecule has 1 rings (SSSR count). The zero-order valence-corrected chi connectivity index (χ0v) is 9.54. The van der Waals surface area contributed by atoms with Crippen LogP contribution >= 0.6 is 0 Å². The highest BCUT2D eigenvalue weighted by Crippen LogP contribution is 2.12. The van der Waals surface area contributed by atoms with Gasteiger partial charge in [0.05, 0.1) is 12.7 Å². The average molecular weight is 200 g/mol. The third-order valence-electron chi connectivity index (χ3n) is 3.16. The number of nitrogens with two attached hydrogens (primary N) is 1. The van der Waals surface area contributed by atoms with Crippen molar-refractivity contribution >= 4 is 0 Å². The lowest BCUT2D eigenvalue weighted by Crippen LogP contribution is -2.47. The minimum atomic E-state index is 0.262. The van der Waals surface area contributed by atoms with Crippen molar-refractivity contribution in [3.8, 4) is 0 Å². The molecule has 1 fully saturated rings. The molecule has 3 heteroatoms. The maximum atomic E-state index is 5.61.